The number of rotatable bonds is 4. The molecule has 0 saturated carbocycles. The molecule has 2 rings (SSSR count). The average molecular weight is 322 g/mol. The van der Waals surface area contributed by atoms with Crippen molar-refractivity contribution < 1.29 is 9.53 Å². The zero-order chi connectivity index (χ0) is 16.4. The highest BCUT2D eigenvalue weighted by Crippen LogP contribution is 2.38. The van der Waals surface area contributed by atoms with Crippen LogP contribution in [0.4, 0.5) is 0 Å². The fraction of sp³-hybridized carbons (Fsp3) is 0.667. The molecule has 1 heterocycles. The predicted octanol–water partition coefficient (Wildman–Crippen LogP) is 3.64. The molecule has 1 fully saturated rings. The van der Waals surface area contributed by atoms with Crippen LogP contribution in [0.3, 0.4) is 0 Å². The number of aliphatic hydroxyl groups excluding tert-OH is 1. The smallest absolute Gasteiger partial charge is 0.192 e. The zero-order valence-corrected chi connectivity index (χ0v) is 15.7. The van der Waals surface area contributed by atoms with Crippen molar-refractivity contribution >= 4 is 8.32 Å². The molecule has 124 valence electrons. The molecule has 1 aliphatic rings. The van der Waals surface area contributed by atoms with E-state index in [0.29, 0.717) is 0 Å². The van der Waals surface area contributed by atoms with E-state index in [2.05, 4.69) is 63.0 Å². The molecular weight excluding hydrogens is 290 g/mol. The quantitative estimate of drug-likeness (QED) is 0.859. The van der Waals surface area contributed by atoms with Gasteiger partial charge in [-0.3, -0.25) is 4.90 Å². The first-order valence-corrected chi connectivity index (χ1v) is 11.2. The lowest BCUT2D eigenvalue weighted by atomic mass is 10.0. The summed E-state index contributed by atoms with van der Waals surface area (Å²) in [7, 11) is -1.78. The fourth-order valence-electron chi connectivity index (χ4n) is 2.76. The third-order valence-corrected chi connectivity index (χ3v) is 9.52. The van der Waals surface area contributed by atoms with Gasteiger partial charge in [-0.15, -0.1) is 0 Å². The topological polar surface area (TPSA) is 32.7 Å². The molecule has 2 atom stereocenters. The molecule has 4 heteroatoms. The van der Waals surface area contributed by atoms with Crippen LogP contribution in [0.15, 0.2) is 30.3 Å². The van der Waals surface area contributed by atoms with Gasteiger partial charge in [-0.05, 0) is 23.7 Å². The second-order valence-corrected chi connectivity index (χ2v) is 12.8. The van der Waals surface area contributed by atoms with Crippen LogP contribution in [0.1, 0.15) is 32.8 Å². The van der Waals surface area contributed by atoms with Crippen LogP contribution in [0.5, 0.6) is 0 Å². The van der Waals surface area contributed by atoms with Crippen molar-refractivity contribution in [2.45, 2.75) is 64.1 Å². The van der Waals surface area contributed by atoms with Crippen LogP contribution in [0.2, 0.25) is 18.1 Å². The van der Waals surface area contributed by atoms with E-state index in [-0.39, 0.29) is 17.2 Å². The van der Waals surface area contributed by atoms with Crippen molar-refractivity contribution in [3.8, 4) is 0 Å². The van der Waals surface area contributed by atoms with Crippen LogP contribution in [0, 0.1) is 0 Å². The zero-order valence-electron chi connectivity index (χ0n) is 14.7. The monoisotopic (exact) mass is 321 g/mol. The van der Waals surface area contributed by atoms with Gasteiger partial charge in [0.2, 0.25) is 0 Å². The summed E-state index contributed by atoms with van der Waals surface area (Å²) in [6.07, 6.45) is 0.623. The summed E-state index contributed by atoms with van der Waals surface area (Å²) in [5.41, 5.74) is 1.29. The minimum Gasteiger partial charge on any atom is -0.413 e. The predicted molar refractivity (Wildman–Crippen MR) is 94.4 cm³/mol. The summed E-state index contributed by atoms with van der Waals surface area (Å²) in [6, 6.07) is 10.5. The number of β-amino-alcohol motifs (C(OH)–C–C–N with tert-alkyl or cyclic N) is 1. The summed E-state index contributed by atoms with van der Waals surface area (Å²) >= 11 is 0. The Labute approximate surface area is 136 Å². The van der Waals surface area contributed by atoms with Gasteiger partial charge in [0.1, 0.15) is 0 Å². The van der Waals surface area contributed by atoms with E-state index in [1.807, 2.05) is 6.07 Å². The minimum atomic E-state index is -1.78. The van der Waals surface area contributed by atoms with Gasteiger partial charge in [0, 0.05) is 26.1 Å². The Hall–Kier alpha value is -0.683. The molecule has 0 aliphatic carbocycles. The number of nitrogens with zero attached hydrogens (tertiary/aromatic N) is 1. The van der Waals surface area contributed by atoms with E-state index in [1.165, 1.54) is 5.56 Å². The Bertz CT molecular complexity index is 470. The van der Waals surface area contributed by atoms with Crippen molar-refractivity contribution in [1.29, 1.82) is 0 Å². The molecule has 1 N–H and O–H groups in total. The van der Waals surface area contributed by atoms with E-state index < -0.39 is 8.32 Å². The van der Waals surface area contributed by atoms with Gasteiger partial charge >= 0.3 is 0 Å². The Morgan fingerprint density at radius 1 is 1.18 bits per heavy atom. The van der Waals surface area contributed by atoms with E-state index >= 15 is 0 Å². The Morgan fingerprint density at radius 2 is 1.82 bits per heavy atom. The highest BCUT2D eigenvalue weighted by atomic mass is 28.4. The second kappa shape index (κ2) is 6.83. The Balaban J connectivity index is 1.99. The fourth-order valence-corrected chi connectivity index (χ4v) is 4.12. The molecule has 0 amide bonds. The second-order valence-electron chi connectivity index (χ2n) is 8.07. The van der Waals surface area contributed by atoms with Gasteiger partial charge in [-0.25, -0.2) is 0 Å². The van der Waals surface area contributed by atoms with Gasteiger partial charge in [0.05, 0.1) is 12.2 Å². The van der Waals surface area contributed by atoms with Crippen molar-refractivity contribution in [1.82, 2.24) is 4.90 Å². The Morgan fingerprint density at radius 3 is 2.41 bits per heavy atom. The summed E-state index contributed by atoms with van der Waals surface area (Å²) in [5, 5.41) is 10.4. The van der Waals surface area contributed by atoms with Gasteiger partial charge < -0.3 is 9.53 Å². The first kappa shape index (κ1) is 17.7. The van der Waals surface area contributed by atoms with Crippen LogP contribution in [-0.2, 0) is 11.0 Å². The molecule has 22 heavy (non-hydrogen) atoms. The lowest BCUT2D eigenvalue weighted by molar-refractivity contribution is -0.00567. The molecular formula is C18H31NO2Si. The summed E-state index contributed by atoms with van der Waals surface area (Å²) in [6.45, 7) is 13.9. The SMILES string of the molecule is CC(C)(C)[Si](C)(C)OC1C[C@H](O)CN(Cc2ccccc2)C1. The van der Waals surface area contributed by atoms with Crippen molar-refractivity contribution in [3.63, 3.8) is 0 Å². The van der Waals surface area contributed by atoms with Crippen LogP contribution >= 0.6 is 0 Å². The average Bonchev–Trinajstić information content (AvgIpc) is 2.37. The molecule has 1 aromatic carbocycles. The largest absolute Gasteiger partial charge is 0.413 e. The van der Waals surface area contributed by atoms with E-state index in [1.54, 1.807) is 0 Å². The molecule has 1 aliphatic heterocycles. The lowest BCUT2D eigenvalue weighted by Crippen LogP contribution is -2.52. The number of hydrogen-bond donors (Lipinski definition) is 1. The Kier molecular flexibility index (Phi) is 5.48. The maximum atomic E-state index is 10.2. The summed E-state index contributed by atoms with van der Waals surface area (Å²) in [5.74, 6) is 0. The third kappa shape index (κ3) is 4.65. The normalized spacial score (nSPS) is 24.5. The third-order valence-electron chi connectivity index (χ3n) is 4.98. The van der Waals surface area contributed by atoms with Crippen molar-refractivity contribution in [2.24, 2.45) is 0 Å². The number of hydrogen-bond acceptors (Lipinski definition) is 3. The van der Waals surface area contributed by atoms with Gasteiger partial charge in [-0.2, -0.15) is 0 Å². The molecule has 0 radical (unpaired) electrons. The number of aliphatic hydroxyl groups is 1. The number of likely N-dealkylation sites (tertiary alicyclic amines) is 1. The molecule has 3 nitrogen and oxygen atoms in total. The summed E-state index contributed by atoms with van der Waals surface area (Å²) in [4.78, 5) is 2.32. The first-order valence-electron chi connectivity index (χ1n) is 8.29. The van der Waals surface area contributed by atoms with E-state index in [4.69, 9.17) is 4.43 Å². The molecule has 1 saturated heterocycles. The number of piperidine rings is 1. The standard InChI is InChI=1S/C18H31NO2Si/c1-18(2,3)22(4,5)21-17-11-16(20)13-19(14-17)12-15-9-7-6-8-10-15/h6-10,16-17,20H,11-14H2,1-5H3/t16-,17?/m0/s1. The van der Waals surface area contributed by atoms with Crippen LogP contribution < -0.4 is 0 Å². The molecule has 1 aromatic rings. The molecule has 0 spiro atoms. The van der Waals surface area contributed by atoms with E-state index in [0.717, 1.165) is 26.1 Å². The molecule has 1 unspecified atom stereocenters. The minimum absolute atomic E-state index is 0.147. The first-order chi connectivity index (χ1) is 10.2. The van der Waals surface area contributed by atoms with Crippen molar-refractivity contribution in [3.05, 3.63) is 35.9 Å². The van der Waals surface area contributed by atoms with E-state index in [9.17, 15) is 5.11 Å². The highest BCUT2D eigenvalue weighted by Gasteiger charge is 2.40. The number of benzene rings is 1. The van der Waals surface area contributed by atoms with Crippen LogP contribution in [-0.4, -0.2) is 43.6 Å². The van der Waals surface area contributed by atoms with Gasteiger partial charge in [-0.1, -0.05) is 51.1 Å². The molecule has 0 bridgehead atoms. The summed E-state index contributed by atoms with van der Waals surface area (Å²) < 4.78 is 6.52. The lowest BCUT2D eigenvalue weighted by Gasteiger charge is -2.43. The van der Waals surface area contributed by atoms with Gasteiger partial charge in [0.25, 0.3) is 0 Å². The van der Waals surface area contributed by atoms with Crippen molar-refractivity contribution in [2.75, 3.05) is 13.1 Å². The maximum Gasteiger partial charge on any atom is 0.192 e. The maximum absolute atomic E-state index is 10.2. The van der Waals surface area contributed by atoms with Gasteiger partial charge in [0.15, 0.2) is 8.32 Å². The molecule has 0 aromatic heterocycles. The highest BCUT2D eigenvalue weighted by molar-refractivity contribution is 6.74. The van der Waals surface area contributed by atoms with Crippen LogP contribution in [0.25, 0.3) is 0 Å².